The fourth-order valence-electron chi connectivity index (χ4n) is 2.41. The summed E-state index contributed by atoms with van der Waals surface area (Å²) in [6.45, 7) is 9.01. The van der Waals surface area contributed by atoms with E-state index >= 15 is 0 Å². The minimum Gasteiger partial charge on any atom is -0.312 e. The first-order valence-electron chi connectivity index (χ1n) is 6.92. The van der Waals surface area contributed by atoms with Gasteiger partial charge in [-0.2, -0.15) is 0 Å². The maximum absolute atomic E-state index is 3.58. The van der Waals surface area contributed by atoms with E-state index in [0.717, 1.165) is 13.1 Å². The average Bonchev–Trinajstić information content (AvgIpc) is 2.76. The summed E-state index contributed by atoms with van der Waals surface area (Å²) >= 11 is 0. The smallest absolute Gasteiger partial charge is 0.0205 e. The zero-order valence-electron chi connectivity index (χ0n) is 11.5. The maximum atomic E-state index is 3.58. The number of benzene rings is 1. The van der Waals surface area contributed by atoms with Crippen molar-refractivity contribution in [3.8, 4) is 0 Å². The third kappa shape index (κ3) is 3.32. The zero-order chi connectivity index (χ0) is 12.3. The summed E-state index contributed by atoms with van der Waals surface area (Å²) in [6.07, 6.45) is 5.13. The van der Waals surface area contributed by atoms with Crippen LogP contribution in [0.5, 0.6) is 0 Å². The molecule has 0 saturated carbocycles. The van der Waals surface area contributed by atoms with E-state index < -0.39 is 0 Å². The summed E-state index contributed by atoms with van der Waals surface area (Å²) in [7, 11) is 0. The van der Waals surface area contributed by atoms with Gasteiger partial charge >= 0.3 is 0 Å². The quantitative estimate of drug-likeness (QED) is 0.814. The van der Waals surface area contributed by atoms with Crippen LogP contribution in [0.25, 0.3) is 0 Å². The van der Waals surface area contributed by atoms with Gasteiger partial charge in [-0.1, -0.05) is 39.0 Å². The van der Waals surface area contributed by atoms with Crippen LogP contribution in [-0.2, 0) is 19.4 Å². The molecule has 1 N–H and O–H groups in total. The Morgan fingerprint density at radius 3 is 2.71 bits per heavy atom. The first-order chi connectivity index (χ1) is 8.11. The van der Waals surface area contributed by atoms with E-state index in [-0.39, 0.29) is 0 Å². The molecule has 1 aliphatic rings. The van der Waals surface area contributed by atoms with E-state index in [2.05, 4.69) is 44.3 Å². The van der Waals surface area contributed by atoms with Crippen LogP contribution in [0.2, 0.25) is 0 Å². The van der Waals surface area contributed by atoms with E-state index in [1.165, 1.54) is 31.2 Å². The van der Waals surface area contributed by atoms with Gasteiger partial charge < -0.3 is 5.32 Å². The van der Waals surface area contributed by atoms with Crippen molar-refractivity contribution in [2.24, 2.45) is 5.41 Å². The number of rotatable bonds is 5. The van der Waals surface area contributed by atoms with Crippen LogP contribution in [0.3, 0.4) is 0 Å². The third-order valence-corrected chi connectivity index (χ3v) is 4.05. The molecule has 94 valence electrons. The molecule has 0 radical (unpaired) electrons. The van der Waals surface area contributed by atoms with Crippen molar-refractivity contribution in [1.82, 2.24) is 5.32 Å². The van der Waals surface area contributed by atoms with Crippen LogP contribution in [0.4, 0.5) is 0 Å². The summed E-state index contributed by atoms with van der Waals surface area (Å²) in [4.78, 5) is 0. The molecule has 1 nitrogen and oxygen atoms in total. The first kappa shape index (κ1) is 12.6. The highest BCUT2D eigenvalue weighted by atomic mass is 14.9. The third-order valence-electron chi connectivity index (χ3n) is 4.05. The van der Waals surface area contributed by atoms with E-state index in [1.54, 1.807) is 11.1 Å². The van der Waals surface area contributed by atoms with Crippen LogP contribution in [0.15, 0.2) is 18.2 Å². The first-order valence-corrected chi connectivity index (χ1v) is 6.92. The summed E-state index contributed by atoms with van der Waals surface area (Å²) in [5, 5.41) is 3.58. The van der Waals surface area contributed by atoms with Crippen molar-refractivity contribution in [3.05, 3.63) is 34.9 Å². The minimum absolute atomic E-state index is 0.413. The van der Waals surface area contributed by atoms with Gasteiger partial charge in [0.05, 0.1) is 0 Å². The van der Waals surface area contributed by atoms with Gasteiger partial charge in [0.25, 0.3) is 0 Å². The monoisotopic (exact) mass is 231 g/mol. The van der Waals surface area contributed by atoms with Gasteiger partial charge in [0.1, 0.15) is 0 Å². The molecular weight excluding hydrogens is 206 g/mol. The topological polar surface area (TPSA) is 12.0 Å². The van der Waals surface area contributed by atoms with Crippen molar-refractivity contribution in [3.63, 3.8) is 0 Å². The van der Waals surface area contributed by atoms with E-state index in [0.29, 0.717) is 5.41 Å². The molecule has 0 fully saturated rings. The SMILES string of the molecule is CCC(C)(C)CNCc1ccc2c(c1)CCC2. The van der Waals surface area contributed by atoms with Gasteiger partial charge in [0.2, 0.25) is 0 Å². The summed E-state index contributed by atoms with van der Waals surface area (Å²) < 4.78 is 0. The van der Waals surface area contributed by atoms with Gasteiger partial charge in [-0.25, -0.2) is 0 Å². The fourth-order valence-corrected chi connectivity index (χ4v) is 2.41. The van der Waals surface area contributed by atoms with E-state index in [4.69, 9.17) is 0 Å². The molecule has 0 saturated heterocycles. The second-order valence-electron chi connectivity index (χ2n) is 6.08. The van der Waals surface area contributed by atoms with Crippen LogP contribution in [-0.4, -0.2) is 6.54 Å². The number of hydrogen-bond acceptors (Lipinski definition) is 1. The molecule has 1 aromatic rings. The van der Waals surface area contributed by atoms with Crippen LogP contribution < -0.4 is 5.32 Å². The molecule has 0 spiro atoms. The van der Waals surface area contributed by atoms with Crippen molar-refractivity contribution < 1.29 is 0 Å². The van der Waals surface area contributed by atoms with Gasteiger partial charge in [0.15, 0.2) is 0 Å². The van der Waals surface area contributed by atoms with Gasteiger partial charge in [-0.05, 0) is 47.8 Å². The second-order valence-corrected chi connectivity index (χ2v) is 6.08. The zero-order valence-corrected chi connectivity index (χ0v) is 11.5. The Bertz CT molecular complexity index is 379. The fraction of sp³-hybridized carbons (Fsp3) is 0.625. The maximum Gasteiger partial charge on any atom is 0.0205 e. The van der Waals surface area contributed by atoms with Crippen molar-refractivity contribution in [2.75, 3.05) is 6.54 Å². The lowest BCUT2D eigenvalue weighted by Gasteiger charge is -2.23. The lowest BCUT2D eigenvalue weighted by atomic mass is 9.90. The molecule has 1 aromatic carbocycles. The molecule has 0 amide bonds. The number of nitrogens with one attached hydrogen (secondary N) is 1. The molecule has 0 atom stereocenters. The molecule has 1 aliphatic carbocycles. The Hall–Kier alpha value is -0.820. The largest absolute Gasteiger partial charge is 0.312 e. The van der Waals surface area contributed by atoms with Crippen LogP contribution >= 0.6 is 0 Å². The molecule has 0 aromatic heterocycles. The Morgan fingerprint density at radius 2 is 1.94 bits per heavy atom. The van der Waals surface area contributed by atoms with Gasteiger partial charge in [0, 0.05) is 13.1 Å². The molecule has 17 heavy (non-hydrogen) atoms. The van der Waals surface area contributed by atoms with Crippen LogP contribution in [0, 0.1) is 5.41 Å². The highest BCUT2D eigenvalue weighted by Gasteiger charge is 2.14. The van der Waals surface area contributed by atoms with Gasteiger partial charge in [-0.15, -0.1) is 0 Å². The number of hydrogen-bond donors (Lipinski definition) is 1. The molecule has 0 bridgehead atoms. The lowest BCUT2D eigenvalue weighted by molar-refractivity contribution is 0.327. The van der Waals surface area contributed by atoms with Crippen molar-refractivity contribution in [2.45, 2.75) is 53.0 Å². The minimum atomic E-state index is 0.413. The predicted molar refractivity (Wildman–Crippen MR) is 74.2 cm³/mol. The van der Waals surface area contributed by atoms with Crippen molar-refractivity contribution in [1.29, 1.82) is 0 Å². The molecule has 0 unspecified atom stereocenters. The predicted octanol–water partition coefficient (Wildman–Crippen LogP) is 3.70. The summed E-state index contributed by atoms with van der Waals surface area (Å²) in [6, 6.07) is 7.01. The standard InChI is InChI=1S/C16H25N/c1-4-16(2,3)12-17-11-13-8-9-14-6-5-7-15(14)10-13/h8-10,17H,4-7,11-12H2,1-3H3. The van der Waals surface area contributed by atoms with Crippen LogP contribution in [0.1, 0.15) is 50.3 Å². The Balaban J connectivity index is 1.88. The molecule has 0 heterocycles. The van der Waals surface area contributed by atoms with E-state index in [9.17, 15) is 0 Å². The molecular formula is C16H25N. The van der Waals surface area contributed by atoms with E-state index in [1.807, 2.05) is 0 Å². The second kappa shape index (κ2) is 5.22. The Kier molecular flexibility index (Phi) is 3.88. The molecule has 1 heteroatoms. The average molecular weight is 231 g/mol. The highest BCUT2D eigenvalue weighted by molar-refractivity contribution is 5.35. The Labute approximate surface area is 106 Å². The Morgan fingerprint density at radius 1 is 1.18 bits per heavy atom. The number of aryl methyl sites for hydroxylation is 2. The molecule has 0 aliphatic heterocycles. The summed E-state index contributed by atoms with van der Waals surface area (Å²) in [5.74, 6) is 0. The lowest BCUT2D eigenvalue weighted by Crippen LogP contribution is -2.28. The highest BCUT2D eigenvalue weighted by Crippen LogP contribution is 2.23. The number of fused-ring (bicyclic) bond motifs is 1. The molecule has 2 rings (SSSR count). The van der Waals surface area contributed by atoms with Crippen molar-refractivity contribution >= 4 is 0 Å². The normalized spacial score (nSPS) is 15.0. The van der Waals surface area contributed by atoms with Gasteiger partial charge in [-0.3, -0.25) is 0 Å². The summed E-state index contributed by atoms with van der Waals surface area (Å²) in [5.41, 5.74) is 5.01.